The SMILES string of the molecule is CCCN(C(C)C)S(=O)(=O)C(CC)C(N)=S. The van der Waals surface area contributed by atoms with Crippen LogP contribution in [-0.2, 0) is 10.0 Å². The zero-order valence-electron chi connectivity index (χ0n) is 10.4. The Kier molecular flexibility index (Phi) is 6.43. The molecule has 96 valence electrons. The molecule has 0 rings (SSSR count). The van der Waals surface area contributed by atoms with Crippen LogP contribution in [0.1, 0.15) is 40.5 Å². The molecule has 0 aromatic heterocycles. The summed E-state index contributed by atoms with van der Waals surface area (Å²) in [5, 5.41) is -0.739. The molecular formula is C10H22N2O2S2. The lowest BCUT2D eigenvalue weighted by Gasteiger charge is -2.29. The second kappa shape index (κ2) is 6.51. The summed E-state index contributed by atoms with van der Waals surface area (Å²) < 4.78 is 26.1. The lowest BCUT2D eigenvalue weighted by atomic mass is 10.3. The summed E-state index contributed by atoms with van der Waals surface area (Å²) in [5.41, 5.74) is 5.49. The minimum Gasteiger partial charge on any atom is -0.392 e. The van der Waals surface area contributed by atoms with Gasteiger partial charge in [0.25, 0.3) is 0 Å². The van der Waals surface area contributed by atoms with Gasteiger partial charge in [-0.1, -0.05) is 26.1 Å². The maximum absolute atomic E-state index is 12.3. The summed E-state index contributed by atoms with van der Waals surface area (Å²) in [5.74, 6) is 0. The van der Waals surface area contributed by atoms with Crippen LogP contribution in [-0.4, -0.2) is 35.5 Å². The molecule has 0 saturated heterocycles. The number of hydrogen-bond donors (Lipinski definition) is 1. The normalized spacial score (nSPS) is 14.4. The lowest BCUT2D eigenvalue weighted by Crippen LogP contribution is -2.47. The molecule has 0 radical (unpaired) electrons. The first kappa shape index (κ1) is 15.8. The number of nitrogens with two attached hydrogens (primary N) is 1. The molecule has 1 atom stereocenters. The van der Waals surface area contributed by atoms with Crippen molar-refractivity contribution < 1.29 is 8.42 Å². The molecule has 0 amide bonds. The summed E-state index contributed by atoms with van der Waals surface area (Å²) in [4.78, 5) is 0.0595. The van der Waals surface area contributed by atoms with Crippen molar-refractivity contribution in [2.24, 2.45) is 5.73 Å². The first-order valence-electron chi connectivity index (χ1n) is 5.58. The van der Waals surface area contributed by atoms with Crippen molar-refractivity contribution in [1.82, 2.24) is 4.31 Å². The van der Waals surface area contributed by atoms with E-state index < -0.39 is 15.3 Å². The fourth-order valence-corrected chi connectivity index (χ4v) is 4.22. The summed E-state index contributed by atoms with van der Waals surface area (Å²) >= 11 is 4.83. The van der Waals surface area contributed by atoms with E-state index in [9.17, 15) is 8.42 Å². The minimum atomic E-state index is -3.41. The molecule has 0 fully saturated rings. The highest BCUT2D eigenvalue weighted by molar-refractivity contribution is 7.92. The summed E-state index contributed by atoms with van der Waals surface area (Å²) in [6.45, 7) is 7.97. The van der Waals surface area contributed by atoms with Crippen molar-refractivity contribution in [2.75, 3.05) is 6.54 Å². The molecule has 0 saturated carbocycles. The molecule has 0 heterocycles. The second-order valence-corrected chi connectivity index (χ2v) is 6.59. The first-order chi connectivity index (χ1) is 7.28. The van der Waals surface area contributed by atoms with Gasteiger partial charge >= 0.3 is 0 Å². The predicted octanol–water partition coefficient (Wildman–Crippen LogP) is 1.50. The third-order valence-electron chi connectivity index (χ3n) is 2.39. The zero-order chi connectivity index (χ0) is 12.9. The Hall–Kier alpha value is -0.200. The Morgan fingerprint density at radius 1 is 1.38 bits per heavy atom. The van der Waals surface area contributed by atoms with Crippen molar-refractivity contribution in [1.29, 1.82) is 0 Å². The Balaban J connectivity index is 5.19. The highest BCUT2D eigenvalue weighted by atomic mass is 32.2. The summed E-state index contributed by atoms with van der Waals surface area (Å²) in [6, 6.07) is -0.0617. The van der Waals surface area contributed by atoms with Crippen molar-refractivity contribution in [3.05, 3.63) is 0 Å². The van der Waals surface area contributed by atoms with Gasteiger partial charge in [-0.2, -0.15) is 4.31 Å². The topological polar surface area (TPSA) is 63.4 Å². The third-order valence-corrected chi connectivity index (χ3v) is 5.39. The first-order valence-corrected chi connectivity index (χ1v) is 7.50. The smallest absolute Gasteiger partial charge is 0.223 e. The van der Waals surface area contributed by atoms with Gasteiger partial charge in [0.2, 0.25) is 10.0 Å². The van der Waals surface area contributed by atoms with E-state index in [1.54, 1.807) is 6.92 Å². The maximum Gasteiger partial charge on any atom is 0.223 e. The van der Waals surface area contributed by atoms with Crippen LogP contribution in [0.5, 0.6) is 0 Å². The highest BCUT2D eigenvalue weighted by Crippen LogP contribution is 2.16. The molecule has 2 N–H and O–H groups in total. The predicted molar refractivity (Wildman–Crippen MR) is 71.9 cm³/mol. The van der Waals surface area contributed by atoms with E-state index in [0.717, 1.165) is 6.42 Å². The molecule has 6 heteroatoms. The Bertz CT molecular complexity index is 326. The van der Waals surface area contributed by atoms with Gasteiger partial charge in [-0.15, -0.1) is 0 Å². The molecule has 0 aliphatic carbocycles. The lowest BCUT2D eigenvalue weighted by molar-refractivity contribution is 0.351. The Morgan fingerprint density at radius 3 is 2.12 bits per heavy atom. The van der Waals surface area contributed by atoms with Crippen LogP contribution in [0, 0.1) is 0 Å². The monoisotopic (exact) mass is 266 g/mol. The van der Waals surface area contributed by atoms with Gasteiger partial charge < -0.3 is 5.73 Å². The van der Waals surface area contributed by atoms with Crippen LogP contribution < -0.4 is 5.73 Å². The number of nitrogens with zero attached hydrogens (tertiary/aromatic N) is 1. The molecule has 0 aliphatic rings. The van der Waals surface area contributed by atoms with Gasteiger partial charge in [0.1, 0.15) is 5.25 Å². The van der Waals surface area contributed by atoms with Gasteiger partial charge in [-0.05, 0) is 26.7 Å². The quantitative estimate of drug-likeness (QED) is 0.709. The number of thiocarbonyl (C=S) groups is 1. The van der Waals surface area contributed by atoms with Crippen LogP contribution >= 0.6 is 12.2 Å². The molecule has 4 nitrogen and oxygen atoms in total. The van der Waals surface area contributed by atoms with Crippen LogP contribution in [0.4, 0.5) is 0 Å². The maximum atomic E-state index is 12.3. The number of rotatable bonds is 7. The van der Waals surface area contributed by atoms with E-state index in [-0.39, 0.29) is 11.0 Å². The van der Waals surface area contributed by atoms with Gasteiger partial charge in [0, 0.05) is 12.6 Å². The van der Waals surface area contributed by atoms with Crippen molar-refractivity contribution in [3.63, 3.8) is 0 Å². The average molecular weight is 266 g/mol. The van der Waals surface area contributed by atoms with Crippen LogP contribution in [0.2, 0.25) is 0 Å². The van der Waals surface area contributed by atoms with E-state index in [1.165, 1.54) is 4.31 Å². The molecule has 16 heavy (non-hydrogen) atoms. The Labute approximate surface area is 104 Å². The molecule has 1 unspecified atom stereocenters. The number of hydrogen-bond acceptors (Lipinski definition) is 3. The van der Waals surface area contributed by atoms with Gasteiger partial charge in [-0.3, -0.25) is 0 Å². The molecular weight excluding hydrogens is 244 g/mol. The molecule has 0 spiro atoms. The van der Waals surface area contributed by atoms with E-state index in [1.807, 2.05) is 20.8 Å². The molecule has 0 aromatic rings. The highest BCUT2D eigenvalue weighted by Gasteiger charge is 2.33. The average Bonchev–Trinajstić information content (AvgIpc) is 2.13. The molecule has 0 aromatic carbocycles. The zero-order valence-corrected chi connectivity index (χ0v) is 12.1. The fourth-order valence-electron chi connectivity index (χ4n) is 1.62. The minimum absolute atomic E-state index is 0.0595. The van der Waals surface area contributed by atoms with Crippen molar-refractivity contribution in [3.8, 4) is 0 Å². The largest absolute Gasteiger partial charge is 0.392 e. The summed E-state index contributed by atoms with van der Waals surface area (Å²) in [7, 11) is -3.41. The second-order valence-electron chi connectivity index (χ2n) is 4.05. The van der Waals surface area contributed by atoms with Gasteiger partial charge in [0.15, 0.2) is 0 Å². The van der Waals surface area contributed by atoms with Gasteiger partial charge in [-0.25, -0.2) is 8.42 Å². The fraction of sp³-hybridized carbons (Fsp3) is 0.900. The standard InChI is InChI=1S/C10H22N2O2S2/c1-5-7-12(8(3)4)16(13,14)9(6-2)10(11)15/h8-9H,5-7H2,1-4H3,(H2,11,15). The molecule has 0 bridgehead atoms. The molecule has 0 aliphatic heterocycles. The van der Waals surface area contributed by atoms with Crippen LogP contribution in [0.15, 0.2) is 0 Å². The van der Waals surface area contributed by atoms with E-state index in [2.05, 4.69) is 0 Å². The Morgan fingerprint density at radius 2 is 1.88 bits per heavy atom. The van der Waals surface area contributed by atoms with Crippen molar-refractivity contribution in [2.45, 2.75) is 51.8 Å². The van der Waals surface area contributed by atoms with Gasteiger partial charge in [0.05, 0.1) is 4.99 Å². The van der Waals surface area contributed by atoms with Crippen LogP contribution in [0.25, 0.3) is 0 Å². The number of sulfonamides is 1. The summed E-state index contributed by atoms with van der Waals surface area (Å²) in [6.07, 6.45) is 1.20. The van der Waals surface area contributed by atoms with E-state index in [4.69, 9.17) is 18.0 Å². The van der Waals surface area contributed by atoms with E-state index in [0.29, 0.717) is 13.0 Å². The third kappa shape index (κ3) is 3.68. The van der Waals surface area contributed by atoms with Crippen molar-refractivity contribution >= 4 is 27.2 Å². The van der Waals surface area contributed by atoms with E-state index >= 15 is 0 Å². The van der Waals surface area contributed by atoms with Crippen LogP contribution in [0.3, 0.4) is 0 Å².